The Labute approximate surface area is 192 Å². The highest BCUT2D eigenvalue weighted by Gasteiger charge is 2.41. The van der Waals surface area contributed by atoms with Crippen molar-refractivity contribution in [1.29, 1.82) is 0 Å². The Morgan fingerprint density at radius 3 is 2.21 bits per heavy atom. The molecule has 2 aromatic carbocycles. The molecule has 9 heteroatoms. The highest BCUT2D eigenvalue weighted by Crippen LogP contribution is 2.36. The second-order valence-corrected chi connectivity index (χ2v) is 9.29. The fraction of sp³-hybridized carbons (Fsp3) is 0.292. The molecule has 3 rings (SSSR count). The van der Waals surface area contributed by atoms with Crippen molar-refractivity contribution >= 4 is 27.7 Å². The molecule has 0 saturated heterocycles. The molecule has 2 aromatic rings. The number of esters is 1. The van der Waals surface area contributed by atoms with Gasteiger partial charge >= 0.3 is 5.97 Å². The quantitative estimate of drug-likeness (QED) is 0.429. The van der Waals surface area contributed by atoms with Crippen molar-refractivity contribution < 1.29 is 32.3 Å². The monoisotopic (exact) mass is 471 g/mol. The first kappa shape index (κ1) is 24.2. The van der Waals surface area contributed by atoms with E-state index in [9.17, 15) is 22.8 Å². The first-order valence-corrected chi connectivity index (χ1v) is 11.8. The lowest BCUT2D eigenvalue weighted by atomic mass is 9.81. The summed E-state index contributed by atoms with van der Waals surface area (Å²) in [5, 5.41) is 0. The van der Waals surface area contributed by atoms with Gasteiger partial charge in [0.25, 0.3) is 10.0 Å². The molecule has 0 aromatic heterocycles. The van der Waals surface area contributed by atoms with Crippen molar-refractivity contribution in [3.05, 3.63) is 71.9 Å². The van der Waals surface area contributed by atoms with Crippen molar-refractivity contribution in [3.63, 3.8) is 0 Å². The topological polar surface area (TPSA) is 107 Å². The standard InChI is InChI=1S/C24H25NO7S/c1-4-32-23(27)15-22-21(18-7-5-17(6-8-18)16(2)26)13-14-25(24(22)28)33(29,30)20-11-9-19(31-3)10-12-20/h5-14,21-22H,4,15H2,1-3H3. The number of hydrogen-bond acceptors (Lipinski definition) is 7. The Kier molecular flexibility index (Phi) is 7.33. The van der Waals surface area contributed by atoms with E-state index in [4.69, 9.17) is 9.47 Å². The molecule has 1 heterocycles. The zero-order chi connectivity index (χ0) is 24.2. The van der Waals surface area contributed by atoms with Crippen molar-refractivity contribution in [3.8, 4) is 5.75 Å². The smallest absolute Gasteiger partial charge is 0.306 e. The fourth-order valence-corrected chi connectivity index (χ4v) is 4.96. The average molecular weight is 472 g/mol. The van der Waals surface area contributed by atoms with Crippen LogP contribution in [0.25, 0.3) is 0 Å². The minimum absolute atomic E-state index is 0.0829. The second-order valence-electron chi connectivity index (χ2n) is 7.48. The van der Waals surface area contributed by atoms with Crippen LogP contribution >= 0.6 is 0 Å². The third-order valence-electron chi connectivity index (χ3n) is 5.41. The predicted molar refractivity (Wildman–Crippen MR) is 120 cm³/mol. The molecular weight excluding hydrogens is 446 g/mol. The third kappa shape index (κ3) is 5.14. The number of nitrogens with zero attached hydrogens (tertiary/aromatic N) is 1. The summed E-state index contributed by atoms with van der Waals surface area (Å²) in [6.07, 6.45) is 2.51. The van der Waals surface area contributed by atoms with E-state index in [1.54, 1.807) is 37.3 Å². The maximum Gasteiger partial charge on any atom is 0.306 e. The number of carbonyl (C=O) groups is 3. The summed E-state index contributed by atoms with van der Waals surface area (Å²) in [5.41, 5.74) is 1.19. The minimum Gasteiger partial charge on any atom is -0.497 e. The van der Waals surface area contributed by atoms with Crippen LogP contribution in [0.1, 0.15) is 42.1 Å². The molecule has 0 spiro atoms. The average Bonchev–Trinajstić information content (AvgIpc) is 2.80. The summed E-state index contributed by atoms with van der Waals surface area (Å²) >= 11 is 0. The van der Waals surface area contributed by atoms with Crippen molar-refractivity contribution in [2.45, 2.75) is 31.1 Å². The van der Waals surface area contributed by atoms with Gasteiger partial charge in [-0.3, -0.25) is 14.4 Å². The SMILES string of the molecule is CCOC(=O)CC1C(=O)N(S(=O)(=O)c2ccc(OC)cc2)C=CC1c1ccc(C(C)=O)cc1. The van der Waals surface area contributed by atoms with Gasteiger partial charge in [-0.1, -0.05) is 30.3 Å². The molecule has 0 radical (unpaired) electrons. The number of allylic oxidation sites excluding steroid dienone is 1. The lowest BCUT2D eigenvalue weighted by molar-refractivity contribution is -0.147. The first-order chi connectivity index (χ1) is 15.7. The summed E-state index contributed by atoms with van der Waals surface area (Å²) in [4.78, 5) is 37.1. The summed E-state index contributed by atoms with van der Waals surface area (Å²) in [6.45, 7) is 3.24. The second kappa shape index (κ2) is 9.99. The maximum atomic E-state index is 13.4. The number of benzene rings is 2. The molecule has 0 saturated carbocycles. The number of methoxy groups -OCH3 is 1. The summed E-state index contributed by atoms with van der Waals surface area (Å²) in [5.74, 6) is -2.52. The van der Waals surface area contributed by atoms with Crippen LogP contribution < -0.4 is 4.74 Å². The Morgan fingerprint density at radius 2 is 1.67 bits per heavy atom. The minimum atomic E-state index is -4.20. The number of ether oxygens (including phenoxy) is 2. The molecule has 0 bridgehead atoms. The van der Waals surface area contributed by atoms with Crippen LogP contribution in [0.3, 0.4) is 0 Å². The Bertz CT molecular complexity index is 1170. The van der Waals surface area contributed by atoms with E-state index in [1.807, 2.05) is 0 Å². The molecule has 8 nitrogen and oxygen atoms in total. The molecule has 0 N–H and O–H groups in total. The van der Waals surface area contributed by atoms with E-state index < -0.39 is 33.7 Å². The largest absolute Gasteiger partial charge is 0.497 e. The summed E-state index contributed by atoms with van der Waals surface area (Å²) in [7, 11) is -2.73. The first-order valence-electron chi connectivity index (χ1n) is 10.4. The van der Waals surface area contributed by atoms with Crippen LogP contribution in [0.2, 0.25) is 0 Å². The fourth-order valence-electron chi connectivity index (χ4n) is 3.65. The van der Waals surface area contributed by atoms with Gasteiger partial charge in [-0.15, -0.1) is 0 Å². The van der Waals surface area contributed by atoms with Gasteiger partial charge in [0.2, 0.25) is 5.91 Å². The van der Waals surface area contributed by atoms with Crippen LogP contribution in [-0.4, -0.2) is 44.1 Å². The normalized spacial score (nSPS) is 18.2. The highest BCUT2D eigenvalue weighted by molar-refractivity contribution is 7.89. The van der Waals surface area contributed by atoms with Crippen LogP contribution in [-0.2, 0) is 24.3 Å². The van der Waals surface area contributed by atoms with E-state index in [-0.39, 0.29) is 23.7 Å². The number of ketones is 1. The van der Waals surface area contributed by atoms with Gasteiger partial charge in [0.15, 0.2) is 5.78 Å². The Hall–Kier alpha value is -3.46. The van der Waals surface area contributed by atoms with E-state index in [0.29, 0.717) is 21.2 Å². The molecule has 0 aliphatic carbocycles. The zero-order valence-corrected chi connectivity index (χ0v) is 19.4. The number of hydrogen-bond donors (Lipinski definition) is 0. The van der Waals surface area contributed by atoms with E-state index in [1.165, 1.54) is 44.5 Å². The highest BCUT2D eigenvalue weighted by atomic mass is 32.2. The lowest BCUT2D eigenvalue weighted by Crippen LogP contribution is -2.42. The number of carbonyl (C=O) groups excluding carboxylic acids is 3. The van der Waals surface area contributed by atoms with Crippen LogP contribution in [0.4, 0.5) is 0 Å². The van der Waals surface area contributed by atoms with Gasteiger partial charge in [0, 0.05) is 17.7 Å². The van der Waals surface area contributed by atoms with E-state index in [0.717, 1.165) is 0 Å². The molecule has 2 unspecified atom stereocenters. The molecule has 0 fully saturated rings. The van der Waals surface area contributed by atoms with Crippen LogP contribution in [0, 0.1) is 5.92 Å². The predicted octanol–water partition coefficient (Wildman–Crippen LogP) is 3.30. The van der Waals surface area contributed by atoms with Crippen molar-refractivity contribution in [2.24, 2.45) is 5.92 Å². The van der Waals surface area contributed by atoms with Gasteiger partial charge in [-0.05, 0) is 43.7 Å². The molecule has 1 aliphatic rings. The molecule has 1 amide bonds. The Balaban J connectivity index is 1.99. The van der Waals surface area contributed by atoms with Crippen molar-refractivity contribution in [2.75, 3.05) is 13.7 Å². The molecular formula is C24H25NO7S. The number of sulfonamides is 1. The molecule has 1 aliphatic heterocycles. The van der Waals surface area contributed by atoms with Gasteiger partial charge in [0.1, 0.15) is 5.75 Å². The summed E-state index contributed by atoms with van der Waals surface area (Å²) < 4.78 is 37.1. The Morgan fingerprint density at radius 1 is 1.03 bits per heavy atom. The molecule has 174 valence electrons. The van der Waals surface area contributed by atoms with Crippen LogP contribution in [0.5, 0.6) is 5.75 Å². The molecule has 33 heavy (non-hydrogen) atoms. The third-order valence-corrected chi connectivity index (χ3v) is 7.09. The van der Waals surface area contributed by atoms with Crippen molar-refractivity contribution in [1.82, 2.24) is 4.31 Å². The van der Waals surface area contributed by atoms with E-state index >= 15 is 0 Å². The van der Waals surface area contributed by atoms with Crippen LogP contribution in [0.15, 0.2) is 65.7 Å². The van der Waals surface area contributed by atoms with Gasteiger partial charge in [-0.2, -0.15) is 0 Å². The summed E-state index contributed by atoms with van der Waals surface area (Å²) in [6, 6.07) is 12.3. The van der Waals surface area contributed by atoms with E-state index in [2.05, 4.69) is 0 Å². The zero-order valence-electron chi connectivity index (χ0n) is 18.6. The maximum absolute atomic E-state index is 13.4. The van der Waals surface area contributed by atoms with Gasteiger partial charge < -0.3 is 9.47 Å². The van der Waals surface area contributed by atoms with Gasteiger partial charge in [-0.25, -0.2) is 12.7 Å². The number of Topliss-reactive ketones (excluding diaryl/α,β-unsaturated/α-hetero) is 1. The number of amides is 1. The van der Waals surface area contributed by atoms with Gasteiger partial charge in [0.05, 0.1) is 31.0 Å². The molecule has 2 atom stereocenters. The number of rotatable bonds is 8. The lowest BCUT2D eigenvalue weighted by Gasteiger charge is -2.32.